The Balaban J connectivity index is 2.84. The number of rotatable bonds is 2. The van der Waals surface area contributed by atoms with E-state index < -0.39 is 0 Å². The largest absolute Gasteiger partial charge is 0.354 e. The number of nitrogens with zero attached hydrogens (tertiary/aromatic N) is 1. The minimum atomic E-state index is -0.193. The van der Waals surface area contributed by atoms with Crippen molar-refractivity contribution in [1.82, 2.24) is 10.3 Å². The van der Waals surface area contributed by atoms with Crippen LogP contribution in [-0.2, 0) is 0 Å². The van der Waals surface area contributed by atoms with Crippen molar-refractivity contribution in [2.45, 2.75) is 4.90 Å². The molecule has 0 aliphatic carbocycles. The summed E-state index contributed by atoms with van der Waals surface area (Å²) >= 11 is 0. The highest BCUT2D eigenvalue weighted by atomic mass is 35.7. The number of amides is 1. The molecule has 0 aliphatic rings. The molecule has 1 amide bonds. The SMILES string of the molecule is CNC(=O)c1ccc(SCl)cn1. The molecule has 0 bridgehead atoms. The van der Waals surface area contributed by atoms with Crippen molar-refractivity contribution >= 4 is 27.6 Å². The third kappa shape index (κ3) is 2.12. The quantitative estimate of drug-likeness (QED) is 0.794. The molecule has 1 N–H and O–H groups in total. The fraction of sp³-hybridized carbons (Fsp3) is 0.143. The van der Waals surface area contributed by atoms with E-state index in [9.17, 15) is 4.79 Å². The maximum absolute atomic E-state index is 11.0. The van der Waals surface area contributed by atoms with Crippen molar-refractivity contribution in [3.8, 4) is 0 Å². The van der Waals surface area contributed by atoms with Crippen LogP contribution in [0.2, 0.25) is 0 Å². The van der Waals surface area contributed by atoms with Crippen LogP contribution in [0, 0.1) is 0 Å². The first-order valence-corrected chi connectivity index (χ1v) is 4.89. The number of hydrogen-bond donors (Lipinski definition) is 1. The van der Waals surface area contributed by atoms with Crippen molar-refractivity contribution in [2.75, 3.05) is 7.05 Å². The number of halogens is 1. The highest BCUT2D eigenvalue weighted by molar-refractivity contribution is 8.21. The lowest BCUT2D eigenvalue weighted by Crippen LogP contribution is -2.18. The third-order valence-corrected chi connectivity index (χ3v) is 2.24. The van der Waals surface area contributed by atoms with E-state index in [4.69, 9.17) is 10.7 Å². The van der Waals surface area contributed by atoms with Crippen LogP contribution < -0.4 is 5.32 Å². The number of hydrogen-bond acceptors (Lipinski definition) is 3. The first kappa shape index (κ1) is 9.35. The smallest absolute Gasteiger partial charge is 0.269 e. The van der Waals surface area contributed by atoms with Gasteiger partial charge in [0.2, 0.25) is 0 Å². The van der Waals surface area contributed by atoms with Gasteiger partial charge in [0, 0.05) is 18.1 Å². The Labute approximate surface area is 79.0 Å². The molecule has 0 atom stereocenters. The van der Waals surface area contributed by atoms with Crippen LogP contribution in [0.5, 0.6) is 0 Å². The lowest BCUT2D eigenvalue weighted by Gasteiger charge is -1.98. The van der Waals surface area contributed by atoms with Gasteiger partial charge in [0.15, 0.2) is 0 Å². The Morgan fingerprint density at radius 1 is 1.67 bits per heavy atom. The molecule has 0 unspecified atom stereocenters. The first-order valence-electron chi connectivity index (χ1n) is 3.24. The van der Waals surface area contributed by atoms with Gasteiger partial charge in [0.1, 0.15) is 5.69 Å². The minimum absolute atomic E-state index is 0.193. The van der Waals surface area contributed by atoms with Gasteiger partial charge in [-0.15, -0.1) is 0 Å². The number of aromatic nitrogens is 1. The molecule has 5 heteroatoms. The highest BCUT2D eigenvalue weighted by Crippen LogP contribution is 2.20. The van der Waals surface area contributed by atoms with Gasteiger partial charge in [-0.3, -0.25) is 4.79 Å². The van der Waals surface area contributed by atoms with E-state index in [1.165, 1.54) is 0 Å². The van der Waals surface area contributed by atoms with Crippen molar-refractivity contribution in [1.29, 1.82) is 0 Å². The van der Waals surface area contributed by atoms with Gasteiger partial charge in [-0.25, -0.2) is 4.98 Å². The number of carbonyl (C=O) groups is 1. The zero-order valence-electron chi connectivity index (χ0n) is 6.37. The number of pyridine rings is 1. The second-order valence-corrected chi connectivity index (χ2v) is 3.12. The topological polar surface area (TPSA) is 42.0 Å². The molecule has 1 heterocycles. The van der Waals surface area contributed by atoms with Crippen LogP contribution in [0.4, 0.5) is 0 Å². The molecule has 1 rings (SSSR count). The van der Waals surface area contributed by atoms with E-state index in [0.717, 1.165) is 15.9 Å². The molecule has 0 radical (unpaired) electrons. The van der Waals surface area contributed by atoms with Crippen LogP contribution in [0.1, 0.15) is 10.5 Å². The van der Waals surface area contributed by atoms with Gasteiger partial charge in [0.25, 0.3) is 5.91 Å². The zero-order chi connectivity index (χ0) is 8.97. The summed E-state index contributed by atoms with van der Waals surface area (Å²) in [6.45, 7) is 0. The predicted molar refractivity (Wildman–Crippen MR) is 49.3 cm³/mol. The Hall–Kier alpha value is -0.740. The van der Waals surface area contributed by atoms with Crippen LogP contribution in [-0.4, -0.2) is 17.9 Å². The van der Waals surface area contributed by atoms with E-state index >= 15 is 0 Å². The molecule has 64 valence electrons. The van der Waals surface area contributed by atoms with Gasteiger partial charge < -0.3 is 5.32 Å². The van der Waals surface area contributed by atoms with E-state index in [-0.39, 0.29) is 5.91 Å². The number of nitrogens with one attached hydrogen (secondary N) is 1. The highest BCUT2D eigenvalue weighted by Gasteiger charge is 2.03. The molecule has 0 saturated carbocycles. The molecule has 0 aromatic carbocycles. The summed E-state index contributed by atoms with van der Waals surface area (Å²) in [5.74, 6) is -0.193. The molecular weight excluding hydrogens is 196 g/mol. The molecule has 0 fully saturated rings. The summed E-state index contributed by atoms with van der Waals surface area (Å²) in [5.41, 5.74) is 0.395. The Kier molecular flexibility index (Phi) is 3.37. The van der Waals surface area contributed by atoms with Gasteiger partial charge in [-0.1, -0.05) is 0 Å². The summed E-state index contributed by atoms with van der Waals surface area (Å²) < 4.78 is 0. The molecule has 12 heavy (non-hydrogen) atoms. The van der Waals surface area contributed by atoms with Gasteiger partial charge in [-0.2, -0.15) is 0 Å². The maximum Gasteiger partial charge on any atom is 0.269 e. The van der Waals surface area contributed by atoms with Crippen LogP contribution in [0.25, 0.3) is 0 Å². The van der Waals surface area contributed by atoms with E-state index in [2.05, 4.69) is 10.3 Å². The normalized spacial score (nSPS) is 9.50. The molecule has 3 nitrogen and oxygen atoms in total. The second kappa shape index (κ2) is 4.33. The summed E-state index contributed by atoms with van der Waals surface area (Å²) in [5, 5.41) is 2.48. The predicted octanol–water partition coefficient (Wildman–Crippen LogP) is 1.69. The Morgan fingerprint density at radius 2 is 2.42 bits per heavy atom. The molecule has 0 spiro atoms. The molecule has 1 aromatic heterocycles. The van der Waals surface area contributed by atoms with Crippen molar-refractivity contribution in [3.05, 3.63) is 24.0 Å². The van der Waals surface area contributed by atoms with Crippen molar-refractivity contribution in [3.63, 3.8) is 0 Å². The first-order chi connectivity index (χ1) is 5.77. The maximum atomic E-state index is 11.0. The van der Waals surface area contributed by atoms with E-state index in [0.29, 0.717) is 5.69 Å². The molecule has 1 aromatic rings. The molecule has 0 aliphatic heterocycles. The third-order valence-electron chi connectivity index (χ3n) is 1.29. The van der Waals surface area contributed by atoms with E-state index in [1.54, 1.807) is 25.4 Å². The zero-order valence-corrected chi connectivity index (χ0v) is 7.95. The fourth-order valence-electron chi connectivity index (χ4n) is 0.688. The minimum Gasteiger partial charge on any atom is -0.354 e. The lowest BCUT2D eigenvalue weighted by atomic mass is 10.3. The van der Waals surface area contributed by atoms with Crippen molar-refractivity contribution < 1.29 is 4.79 Å². The van der Waals surface area contributed by atoms with Crippen LogP contribution >= 0.6 is 21.7 Å². The number of carbonyl (C=O) groups excluding carboxylic acids is 1. The molecule has 0 saturated heterocycles. The van der Waals surface area contributed by atoms with Crippen LogP contribution in [0.3, 0.4) is 0 Å². The van der Waals surface area contributed by atoms with E-state index in [1.807, 2.05) is 0 Å². The summed E-state index contributed by atoms with van der Waals surface area (Å²) in [6, 6.07) is 3.37. The Morgan fingerprint density at radius 3 is 2.83 bits per heavy atom. The second-order valence-electron chi connectivity index (χ2n) is 2.04. The lowest BCUT2D eigenvalue weighted by molar-refractivity contribution is 0.0958. The molecular formula is C7H7ClN2OS. The van der Waals surface area contributed by atoms with Gasteiger partial charge in [-0.05, 0) is 33.8 Å². The standard InChI is InChI=1S/C7H7ClN2OS/c1-9-7(11)6-3-2-5(12-8)4-10-6/h2-4H,1H3,(H,9,11). The average Bonchev–Trinajstić information content (AvgIpc) is 2.17. The summed E-state index contributed by atoms with van der Waals surface area (Å²) in [6.07, 6.45) is 1.56. The summed E-state index contributed by atoms with van der Waals surface area (Å²) in [7, 11) is 8.11. The Bertz CT molecular complexity index is 275. The summed E-state index contributed by atoms with van der Waals surface area (Å²) in [4.78, 5) is 15.7. The van der Waals surface area contributed by atoms with Crippen LogP contribution in [0.15, 0.2) is 23.2 Å². The van der Waals surface area contributed by atoms with Gasteiger partial charge >= 0.3 is 0 Å². The van der Waals surface area contributed by atoms with Gasteiger partial charge in [0.05, 0.1) is 0 Å². The van der Waals surface area contributed by atoms with Crippen molar-refractivity contribution in [2.24, 2.45) is 0 Å². The average molecular weight is 203 g/mol. The monoisotopic (exact) mass is 202 g/mol. The fourth-order valence-corrected chi connectivity index (χ4v) is 1.17.